The minimum atomic E-state index is 0.831. The Labute approximate surface area is 79.0 Å². The van der Waals surface area contributed by atoms with E-state index in [2.05, 4.69) is 23.2 Å². The smallest absolute Gasteiger partial charge is 0.0248 e. The first-order chi connectivity index (χ1) is 5.95. The molecule has 1 saturated heterocycles. The van der Waals surface area contributed by atoms with Gasteiger partial charge in [0, 0.05) is 17.5 Å². The normalized spacial score (nSPS) is 23.8. The van der Waals surface area contributed by atoms with Crippen molar-refractivity contribution in [1.29, 1.82) is 0 Å². The molecule has 0 bridgehead atoms. The van der Waals surface area contributed by atoms with Crippen LogP contribution in [-0.4, -0.2) is 24.1 Å². The van der Waals surface area contributed by atoms with Crippen LogP contribution in [0.5, 0.6) is 0 Å². The molecule has 68 valence electrons. The number of hydrogen-bond acceptors (Lipinski definition) is 2. The van der Waals surface area contributed by atoms with Gasteiger partial charge < -0.3 is 5.32 Å². The third-order valence-corrected chi connectivity index (χ3v) is 3.93. The Morgan fingerprint density at radius 1 is 1.50 bits per heavy atom. The topological polar surface area (TPSA) is 12.0 Å². The molecule has 1 N–H and O–H groups in total. The van der Waals surface area contributed by atoms with E-state index in [4.69, 9.17) is 0 Å². The first-order valence-corrected chi connectivity index (χ1v) is 6.09. The van der Waals surface area contributed by atoms with Gasteiger partial charge in [-0.3, -0.25) is 0 Å². The molecule has 2 rings (SSSR count). The van der Waals surface area contributed by atoms with Gasteiger partial charge in [0.15, 0.2) is 0 Å². The van der Waals surface area contributed by atoms with Crippen LogP contribution in [-0.2, 0) is 0 Å². The third-order valence-electron chi connectivity index (χ3n) is 2.65. The summed E-state index contributed by atoms with van der Waals surface area (Å²) in [5, 5.41) is 3.58. The van der Waals surface area contributed by atoms with E-state index in [0.717, 1.165) is 6.04 Å². The van der Waals surface area contributed by atoms with E-state index < -0.39 is 0 Å². The molecule has 1 aliphatic heterocycles. The average molecular weight is 183 g/mol. The standard InChI is InChI=1S/C10H17NS/c1-2-4-9(3-1)5-6-11-10-7-12-8-10/h3,10-11H,1-2,4-8H2. The number of allylic oxidation sites excluding steroid dienone is 1. The first-order valence-electron chi connectivity index (χ1n) is 4.94. The Morgan fingerprint density at radius 2 is 2.42 bits per heavy atom. The minimum absolute atomic E-state index is 0.831. The molecule has 0 saturated carbocycles. The van der Waals surface area contributed by atoms with Gasteiger partial charge in [-0.2, -0.15) is 11.8 Å². The molecule has 0 aromatic carbocycles. The minimum Gasteiger partial charge on any atom is -0.312 e. The van der Waals surface area contributed by atoms with Gasteiger partial charge in [0.25, 0.3) is 0 Å². The Hall–Kier alpha value is 0.0500. The van der Waals surface area contributed by atoms with Crippen molar-refractivity contribution in [3.8, 4) is 0 Å². The van der Waals surface area contributed by atoms with Crippen LogP contribution in [0, 0.1) is 0 Å². The maximum atomic E-state index is 3.58. The molecule has 1 fully saturated rings. The van der Waals surface area contributed by atoms with E-state index in [1.165, 1.54) is 43.7 Å². The molecule has 0 amide bonds. The van der Waals surface area contributed by atoms with Crippen molar-refractivity contribution in [3.63, 3.8) is 0 Å². The van der Waals surface area contributed by atoms with Crippen molar-refractivity contribution in [2.24, 2.45) is 0 Å². The van der Waals surface area contributed by atoms with E-state index in [-0.39, 0.29) is 0 Å². The lowest BCUT2D eigenvalue weighted by Gasteiger charge is -2.26. The number of hydrogen-bond donors (Lipinski definition) is 1. The highest BCUT2D eigenvalue weighted by Gasteiger charge is 2.16. The Balaban J connectivity index is 1.55. The van der Waals surface area contributed by atoms with Gasteiger partial charge in [0.2, 0.25) is 0 Å². The van der Waals surface area contributed by atoms with Gasteiger partial charge in [-0.05, 0) is 32.2 Å². The molecule has 1 nitrogen and oxygen atoms in total. The quantitative estimate of drug-likeness (QED) is 0.671. The fraction of sp³-hybridized carbons (Fsp3) is 0.800. The average Bonchev–Trinajstić information content (AvgIpc) is 2.46. The molecule has 0 aromatic heterocycles. The molecule has 2 aliphatic rings. The monoisotopic (exact) mass is 183 g/mol. The summed E-state index contributed by atoms with van der Waals surface area (Å²) in [5.41, 5.74) is 1.69. The summed E-state index contributed by atoms with van der Waals surface area (Å²) in [4.78, 5) is 0. The van der Waals surface area contributed by atoms with Gasteiger partial charge in [-0.25, -0.2) is 0 Å². The predicted octanol–water partition coefficient (Wildman–Crippen LogP) is 2.19. The maximum absolute atomic E-state index is 3.58. The molecule has 2 heteroatoms. The molecular weight excluding hydrogens is 166 g/mol. The largest absolute Gasteiger partial charge is 0.312 e. The highest BCUT2D eigenvalue weighted by atomic mass is 32.2. The molecule has 0 spiro atoms. The second-order valence-electron chi connectivity index (χ2n) is 3.69. The van der Waals surface area contributed by atoms with Crippen molar-refractivity contribution in [1.82, 2.24) is 5.32 Å². The number of thioether (sulfide) groups is 1. The van der Waals surface area contributed by atoms with Gasteiger partial charge >= 0.3 is 0 Å². The van der Waals surface area contributed by atoms with Crippen molar-refractivity contribution < 1.29 is 0 Å². The van der Waals surface area contributed by atoms with Crippen molar-refractivity contribution >= 4 is 11.8 Å². The SMILES string of the molecule is C1=C(CCNC2CSC2)CCC1. The fourth-order valence-corrected chi connectivity index (χ4v) is 2.46. The van der Waals surface area contributed by atoms with E-state index in [0.29, 0.717) is 0 Å². The summed E-state index contributed by atoms with van der Waals surface area (Å²) in [6.45, 7) is 1.21. The van der Waals surface area contributed by atoms with Crippen molar-refractivity contribution in [3.05, 3.63) is 11.6 Å². The highest BCUT2D eigenvalue weighted by molar-refractivity contribution is 8.00. The summed E-state index contributed by atoms with van der Waals surface area (Å²) >= 11 is 2.05. The fourth-order valence-electron chi connectivity index (χ4n) is 1.75. The zero-order chi connectivity index (χ0) is 8.23. The van der Waals surface area contributed by atoms with Gasteiger partial charge in [-0.1, -0.05) is 11.6 Å². The summed E-state index contributed by atoms with van der Waals surface area (Å²) in [7, 11) is 0. The molecule has 0 unspecified atom stereocenters. The van der Waals surface area contributed by atoms with Crippen LogP contribution in [0.15, 0.2) is 11.6 Å². The molecule has 1 aliphatic carbocycles. The van der Waals surface area contributed by atoms with Crippen LogP contribution in [0.2, 0.25) is 0 Å². The summed E-state index contributed by atoms with van der Waals surface area (Å²) in [5.74, 6) is 2.66. The Bertz CT molecular complexity index is 173. The Morgan fingerprint density at radius 3 is 3.00 bits per heavy atom. The Kier molecular flexibility index (Phi) is 3.12. The van der Waals surface area contributed by atoms with Crippen LogP contribution in [0.1, 0.15) is 25.7 Å². The molecule has 1 heterocycles. The van der Waals surface area contributed by atoms with Crippen LogP contribution >= 0.6 is 11.8 Å². The van der Waals surface area contributed by atoms with Crippen LogP contribution < -0.4 is 5.32 Å². The summed E-state index contributed by atoms with van der Waals surface area (Å²) in [6, 6.07) is 0.831. The maximum Gasteiger partial charge on any atom is 0.0248 e. The predicted molar refractivity (Wildman–Crippen MR) is 55.7 cm³/mol. The van der Waals surface area contributed by atoms with E-state index in [9.17, 15) is 0 Å². The zero-order valence-electron chi connectivity index (χ0n) is 7.51. The van der Waals surface area contributed by atoms with Crippen LogP contribution in [0.4, 0.5) is 0 Å². The third kappa shape index (κ3) is 2.27. The highest BCUT2D eigenvalue weighted by Crippen LogP contribution is 2.21. The van der Waals surface area contributed by atoms with Crippen LogP contribution in [0.25, 0.3) is 0 Å². The second-order valence-corrected chi connectivity index (χ2v) is 4.77. The lowest BCUT2D eigenvalue weighted by molar-refractivity contribution is 0.581. The number of nitrogens with one attached hydrogen (secondary N) is 1. The van der Waals surface area contributed by atoms with E-state index in [1.807, 2.05) is 0 Å². The molecule has 0 atom stereocenters. The van der Waals surface area contributed by atoms with Gasteiger partial charge in [-0.15, -0.1) is 0 Å². The lowest BCUT2D eigenvalue weighted by atomic mass is 10.1. The second kappa shape index (κ2) is 4.33. The van der Waals surface area contributed by atoms with Crippen molar-refractivity contribution in [2.45, 2.75) is 31.7 Å². The first kappa shape index (κ1) is 8.64. The summed E-state index contributed by atoms with van der Waals surface area (Å²) < 4.78 is 0. The van der Waals surface area contributed by atoms with E-state index in [1.54, 1.807) is 5.57 Å². The van der Waals surface area contributed by atoms with Gasteiger partial charge in [0.05, 0.1) is 0 Å². The van der Waals surface area contributed by atoms with Crippen molar-refractivity contribution in [2.75, 3.05) is 18.1 Å². The molecule has 12 heavy (non-hydrogen) atoms. The molecule has 0 radical (unpaired) electrons. The lowest BCUT2D eigenvalue weighted by Crippen LogP contribution is -2.40. The van der Waals surface area contributed by atoms with E-state index >= 15 is 0 Å². The number of rotatable bonds is 4. The van der Waals surface area contributed by atoms with Crippen LogP contribution in [0.3, 0.4) is 0 Å². The molecular formula is C10H17NS. The summed E-state index contributed by atoms with van der Waals surface area (Å²) in [6.07, 6.45) is 7.81. The zero-order valence-corrected chi connectivity index (χ0v) is 8.33. The van der Waals surface area contributed by atoms with Gasteiger partial charge in [0.1, 0.15) is 0 Å². The molecule has 0 aromatic rings.